The van der Waals surface area contributed by atoms with Crippen LogP contribution in [0.15, 0.2) is 48.5 Å². The van der Waals surface area contributed by atoms with Gasteiger partial charge < -0.3 is 9.72 Å². The van der Waals surface area contributed by atoms with Crippen LogP contribution in [0, 0.1) is 17.6 Å². The molecule has 1 N–H and O–H groups in total. The molecule has 0 aliphatic carbocycles. The van der Waals surface area contributed by atoms with E-state index >= 15 is 0 Å². The lowest BCUT2D eigenvalue weighted by molar-refractivity contribution is -0.148. The van der Waals surface area contributed by atoms with Crippen molar-refractivity contribution in [2.75, 3.05) is 6.61 Å². The Bertz CT molecular complexity index is 888. The first kappa shape index (κ1) is 17.1. The number of rotatable bonds is 6. The molecule has 0 aliphatic rings. The first-order valence-electron chi connectivity index (χ1n) is 8.23. The molecule has 5 heteroatoms. The highest BCUT2D eigenvalue weighted by molar-refractivity contribution is 5.81. The number of halogens is 2. The molecule has 1 atom stereocenters. The van der Waals surface area contributed by atoms with E-state index in [0.717, 1.165) is 22.2 Å². The van der Waals surface area contributed by atoms with E-state index < -0.39 is 5.92 Å². The van der Waals surface area contributed by atoms with Gasteiger partial charge in [0.1, 0.15) is 11.6 Å². The maximum absolute atomic E-state index is 13.4. The fraction of sp³-hybridized carbons (Fsp3) is 0.250. The number of nitrogens with one attached hydrogen (secondary N) is 1. The van der Waals surface area contributed by atoms with Crippen LogP contribution in [0.1, 0.15) is 18.2 Å². The Hall–Kier alpha value is -2.69. The Kier molecular flexibility index (Phi) is 5.12. The number of H-pyrrole nitrogens is 1. The second kappa shape index (κ2) is 7.47. The molecule has 1 heterocycles. The highest BCUT2D eigenvalue weighted by atomic mass is 19.1. The first-order chi connectivity index (χ1) is 12.0. The number of carbonyl (C=O) groups is 1. The van der Waals surface area contributed by atoms with Crippen LogP contribution in [0.3, 0.4) is 0 Å². The molecular formula is C20H19F2NO2. The monoisotopic (exact) mass is 343 g/mol. The van der Waals surface area contributed by atoms with Crippen molar-refractivity contribution in [1.29, 1.82) is 0 Å². The molecule has 0 radical (unpaired) electrons. The minimum atomic E-state index is -0.445. The number of benzene rings is 2. The number of hydrogen-bond donors (Lipinski definition) is 1. The highest BCUT2D eigenvalue weighted by Gasteiger charge is 2.22. The molecule has 1 unspecified atom stereocenters. The Labute approximate surface area is 144 Å². The van der Waals surface area contributed by atoms with Gasteiger partial charge in [0.05, 0.1) is 12.5 Å². The van der Waals surface area contributed by atoms with E-state index in [9.17, 15) is 13.6 Å². The quantitative estimate of drug-likeness (QED) is 0.674. The zero-order valence-corrected chi connectivity index (χ0v) is 13.9. The van der Waals surface area contributed by atoms with Gasteiger partial charge in [0, 0.05) is 23.0 Å². The zero-order valence-electron chi connectivity index (χ0n) is 13.9. The van der Waals surface area contributed by atoms with E-state index in [2.05, 4.69) is 4.98 Å². The molecule has 0 aliphatic heterocycles. The van der Waals surface area contributed by atoms with Gasteiger partial charge in [-0.05, 0) is 55.3 Å². The summed E-state index contributed by atoms with van der Waals surface area (Å²) in [5, 5.41) is 0.753. The zero-order chi connectivity index (χ0) is 17.8. The summed E-state index contributed by atoms with van der Waals surface area (Å²) in [6, 6.07) is 12.5. The average Bonchev–Trinajstić information content (AvgIpc) is 2.96. The third-order valence-corrected chi connectivity index (χ3v) is 4.10. The summed E-state index contributed by atoms with van der Waals surface area (Å²) in [6.45, 7) is 2.04. The van der Waals surface area contributed by atoms with Crippen molar-refractivity contribution in [3.63, 3.8) is 0 Å². The van der Waals surface area contributed by atoms with Gasteiger partial charge in [-0.2, -0.15) is 0 Å². The van der Waals surface area contributed by atoms with Crippen LogP contribution in [-0.4, -0.2) is 17.6 Å². The minimum Gasteiger partial charge on any atom is -0.466 e. The van der Waals surface area contributed by atoms with Gasteiger partial charge in [-0.15, -0.1) is 0 Å². The third kappa shape index (κ3) is 4.24. The fourth-order valence-electron chi connectivity index (χ4n) is 2.99. The predicted molar refractivity (Wildman–Crippen MR) is 92.2 cm³/mol. The molecule has 0 saturated heterocycles. The molecule has 25 heavy (non-hydrogen) atoms. The van der Waals surface area contributed by atoms with Gasteiger partial charge in [-0.1, -0.05) is 12.1 Å². The van der Waals surface area contributed by atoms with Crippen LogP contribution >= 0.6 is 0 Å². The van der Waals surface area contributed by atoms with Gasteiger partial charge in [-0.3, -0.25) is 4.79 Å². The van der Waals surface area contributed by atoms with Crippen LogP contribution < -0.4 is 0 Å². The maximum Gasteiger partial charge on any atom is 0.309 e. The number of carbonyl (C=O) groups excluding carboxylic acids is 1. The summed E-state index contributed by atoms with van der Waals surface area (Å²) in [6.07, 6.45) is 0.784. The molecule has 3 nitrogen and oxygen atoms in total. The number of ether oxygens (including phenoxy) is 1. The largest absolute Gasteiger partial charge is 0.466 e. The standard InChI is InChI=1S/C20H19F2NO2/c1-2-25-20(24)15(8-13-4-3-5-16(21)9-13)12-18-11-14-10-17(22)6-7-19(14)23-18/h3-7,9-11,15,23H,2,8,12H2,1H3. The molecule has 130 valence electrons. The molecule has 0 fully saturated rings. The van der Waals surface area contributed by atoms with Crippen LogP contribution in [0.4, 0.5) is 8.78 Å². The molecule has 3 aromatic rings. The summed E-state index contributed by atoms with van der Waals surface area (Å²) in [7, 11) is 0. The Morgan fingerprint density at radius 3 is 2.64 bits per heavy atom. The average molecular weight is 343 g/mol. The van der Waals surface area contributed by atoms with Crippen LogP contribution in [0.25, 0.3) is 10.9 Å². The number of hydrogen-bond acceptors (Lipinski definition) is 2. The van der Waals surface area contributed by atoms with Gasteiger partial charge in [0.25, 0.3) is 0 Å². The van der Waals surface area contributed by atoms with E-state index in [1.165, 1.54) is 24.3 Å². The van der Waals surface area contributed by atoms with E-state index in [1.807, 2.05) is 6.07 Å². The summed E-state index contributed by atoms with van der Waals surface area (Å²) in [4.78, 5) is 15.5. The normalized spacial score (nSPS) is 12.3. The number of esters is 1. The van der Waals surface area contributed by atoms with Crippen LogP contribution in [-0.2, 0) is 22.4 Å². The van der Waals surface area contributed by atoms with Gasteiger partial charge in [-0.25, -0.2) is 8.78 Å². The molecular weight excluding hydrogens is 324 g/mol. The van der Waals surface area contributed by atoms with Gasteiger partial charge in [0.15, 0.2) is 0 Å². The first-order valence-corrected chi connectivity index (χ1v) is 8.23. The second-order valence-electron chi connectivity index (χ2n) is 6.01. The van der Waals surface area contributed by atoms with Crippen LogP contribution in [0.2, 0.25) is 0 Å². The van der Waals surface area contributed by atoms with E-state index in [4.69, 9.17) is 4.74 Å². The van der Waals surface area contributed by atoms with Crippen molar-refractivity contribution >= 4 is 16.9 Å². The SMILES string of the molecule is CCOC(=O)C(Cc1cccc(F)c1)Cc1cc2cc(F)ccc2[nH]1. The topological polar surface area (TPSA) is 42.1 Å². The molecule has 0 bridgehead atoms. The lowest BCUT2D eigenvalue weighted by atomic mass is 9.94. The molecule has 3 rings (SSSR count). The van der Waals surface area contributed by atoms with Crippen molar-refractivity contribution < 1.29 is 18.3 Å². The van der Waals surface area contributed by atoms with Crippen molar-refractivity contribution in [3.8, 4) is 0 Å². The van der Waals surface area contributed by atoms with E-state index in [0.29, 0.717) is 12.8 Å². The number of aromatic amines is 1. The van der Waals surface area contributed by atoms with Crippen molar-refractivity contribution in [2.24, 2.45) is 5.92 Å². The highest BCUT2D eigenvalue weighted by Crippen LogP contribution is 2.21. The Balaban J connectivity index is 1.84. The van der Waals surface area contributed by atoms with Gasteiger partial charge >= 0.3 is 5.97 Å². The molecule has 0 spiro atoms. The molecule has 0 amide bonds. The van der Waals surface area contributed by atoms with Crippen molar-refractivity contribution in [1.82, 2.24) is 4.98 Å². The fourth-order valence-corrected chi connectivity index (χ4v) is 2.99. The molecule has 2 aromatic carbocycles. The summed E-state index contributed by atoms with van der Waals surface area (Å²) < 4.78 is 31.9. The second-order valence-corrected chi connectivity index (χ2v) is 6.01. The minimum absolute atomic E-state index is 0.288. The van der Waals surface area contributed by atoms with E-state index in [-0.39, 0.29) is 24.2 Å². The summed E-state index contributed by atoms with van der Waals surface area (Å²) in [5.74, 6) is -1.41. The predicted octanol–water partition coefficient (Wildman–Crippen LogP) is 4.41. The summed E-state index contributed by atoms with van der Waals surface area (Å²) in [5.41, 5.74) is 2.36. The van der Waals surface area contributed by atoms with Crippen molar-refractivity contribution in [3.05, 3.63) is 71.4 Å². The smallest absolute Gasteiger partial charge is 0.309 e. The lowest BCUT2D eigenvalue weighted by Crippen LogP contribution is -2.22. The number of aromatic nitrogens is 1. The van der Waals surface area contributed by atoms with Crippen LogP contribution in [0.5, 0.6) is 0 Å². The maximum atomic E-state index is 13.4. The summed E-state index contributed by atoms with van der Waals surface area (Å²) >= 11 is 0. The molecule has 1 aromatic heterocycles. The Morgan fingerprint density at radius 2 is 1.88 bits per heavy atom. The lowest BCUT2D eigenvalue weighted by Gasteiger charge is -2.15. The third-order valence-electron chi connectivity index (χ3n) is 4.10. The molecule has 0 saturated carbocycles. The Morgan fingerprint density at radius 1 is 1.08 bits per heavy atom. The number of fused-ring (bicyclic) bond motifs is 1. The van der Waals surface area contributed by atoms with Gasteiger partial charge in [0.2, 0.25) is 0 Å². The van der Waals surface area contributed by atoms with E-state index in [1.54, 1.807) is 25.1 Å². The van der Waals surface area contributed by atoms with Crippen molar-refractivity contribution in [2.45, 2.75) is 19.8 Å².